The Labute approximate surface area is 139 Å². The lowest BCUT2D eigenvalue weighted by Crippen LogP contribution is -2.26. The van der Waals surface area contributed by atoms with Crippen molar-refractivity contribution in [2.75, 3.05) is 5.32 Å². The van der Waals surface area contributed by atoms with Crippen molar-refractivity contribution in [3.05, 3.63) is 71.2 Å². The summed E-state index contributed by atoms with van der Waals surface area (Å²) in [4.78, 5) is 17.5. The molecule has 1 aliphatic carbocycles. The van der Waals surface area contributed by atoms with Crippen LogP contribution in [0.5, 0.6) is 0 Å². The van der Waals surface area contributed by atoms with Crippen LogP contribution in [0.3, 0.4) is 0 Å². The maximum absolute atomic E-state index is 13.2. The minimum Gasteiger partial charge on any atom is -0.357 e. The number of halogens is 1. The Balaban J connectivity index is 1.77. The molecule has 0 bridgehead atoms. The first kappa shape index (κ1) is 14.8. The Morgan fingerprint density at radius 1 is 1.08 bits per heavy atom. The van der Waals surface area contributed by atoms with Crippen LogP contribution >= 0.6 is 0 Å². The van der Waals surface area contributed by atoms with Crippen LogP contribution in [0, 0.1) is 5.82 Å². The van der Waals surface area contributed by atoms with Crippen molar-refractivity contribution in [1.82, 2.24) is 0 Å². The summed E-state index contributed by atoms with van der Waals surface area (Å²) in [6, 6.07) is 14.2. The van der Waals surface area contributed by atoms with Gasteiger partial charge in [0.25, 0.3) is 0 Å². The average Bonchev–Trinajstić information content (AvgIpc) is 2.71. The second-order valence-corrected chi connectivity index (χ2v) is 6.28. The van der Waals surface area contributed by atoms with Crippen molar-refractivity contribution >= 4 is 22.9 Å². The van der Waals surface area contributed by atoms with Crippen molar-refractivity contribution in [3.8, 4) is 0 Å². The first-order chi connectivity index (χ1) is 11.6. The molecule has 1 heterocycles. The van der Waals surface area contributed by atoms with Gasteiger partial charge in [-0.05, 0) is 49.1 Å². The summed E-state index contributed by atoms with van der Waals surface area (Å²) < 4.78 is 13.2. The number of hydrogen-bond acceptors (Lipinski definition) is 3. The lowest BCUT2D eigenvalue weighted by molar-refractivity contribution is -0.115. The predicted octanol–water partition coefficient (Wildman–Crippen LogP) is 4.74. The highest BCUT2D eigenvalue weighted by Gasteiger charge is 2.32. The van der Waals surface area contributed by atoms with Crippen LogP contribution in [0.4, 0.5) is 15.8 Å². The fourth-order valence-electron chi connectivity index (χ4n) is 3.48. The second-order valence-electron chi connectivity index (χ2n) is 6.28. The first-order valence-corrected chi connectivity index (χ1v) is 8.05. The van der Waals surface area contributed by atoms with E-state index in [-0.39, 0.29) is 17.5 Å². The standard InChI is InChI=1S/C20H17FN2O/c1-12-20-18(23-17-5-3-2-4-16(17)22-12)10-14(11-19(20)24)13-6-8-15(21)9-7-13/h2-9,14,22H,10-11H2,1H3/t14-/m0/s1. The molecule has 24 heavy (non-hydrogen) atoms. The number of ketones is 1. The number of nitrogens with one attached hydrogen (secondary N) is 1. The Morgan fingerprint density at radius 3 is 2.62 bits per heavy atom. The van der Waals surface area contributed by atoms with Crippen molar-refractivity contribution in [2.45, 2.75) is 25.7 Å². The van der Waals surface area contributed by atoms with Crippen LogP contribution in [-0.2, 0) is 4.79 Å². The minimum absolute atomic E-state index is 0.0404. The molecule has 1 saturated carbocycles. The van der Waals surface area contributed by atoms with Gasteiger partial charge in [-0.2, -0.15) is 0 Å². The van der Waals surface area contributed by atoms with Crippen LogP contribution in [0.2, 0.25) is 0 Å². The lowest BCUT2D eigenvalue weighted by Gasteiger charge is -2.25. The van der Waals surface area contributed by atoms with E-state index in [0.29, 0.717) is 18.4 Å². The van der Waals surface area contributed by atoms with Gasteiger partial charge in [0.05, 0.1) is 22.7 Å². The van der Waals surface area contributed by atoms with Gasteiger partial charge >= 0.3 is 0 Å². The van der Waals surface area contributed by atoms with Gasteiger partial charge in [0.1, 0.15) is 5.82 Å². The van der Waals surface area contributed by atoms with E-state index in [2.05, 4.69) is 5.32 Å². The van der Waals surface area contributed by atoms with Crippen LogP contribution in [0.25, 0.3) is 0 Å². The van der Waals surface area contributed by atoms with Gasteiger partial charge in [-0.1, -0.05) is 24.3 Å². The molecule has 4 rings (SSSR count). The normalized spacial score (nSPS) is 19.8. The van der Waals surface area contributed by atoms with E-state index in [9.17, 15) is 9.18 Å². The quantitative estimate of drug-likeness (QED) is 0.824. The van der Waals surface area contributed by atoms with Crippen LogP contribution < -0.4 is 5.32 Å². The SMILES string of the molecule is CC1=C2C(=O)C[C@@H](c3ccc(F)cc3)CC2=Nc2ccccc2N1. The number of aliphatic imine (C=N–C) groups is 1. The summed E-state index contributed by atoms with van der Waals surface area (Å²) in [6.45, 7) is 1.92. The van der Waals surface area contributed by atoms with Crippen molar-refractivity contribution < 1.29 is 9.18 Å². The fraction of sp³-hybridized carbons (Fsp3) is 0.200. The smallest absolute Gasteiger partial charge is 0.167 e. The molecule has 1 N–H and O–H groups in total. The summed E-state index contributed by atoms with van der Waals surface area (Å²) >= 11 is 0. The molecule has 1 fully saturated rings. The molecule has 120 valence electrons. The van der Waals surface area contributed by atoms with Gasteiger partial charge in [0, 0.05) is 12.1 Å². The van der Waals surface area contributed by atoms with Crippen LogP contribution in [0.1, 0.15) is 31.2 Å². The maximum Gasteiger partial charge on any atom is 0.167 e. The first-order valence-electron chi connectivity index (χ1n) is 8.05. The van der Waals surface area contributed by atoms with E-state index < -0.39 is 0 Å². The van der Waals surface area contributed by atoms with Gasteiger partial charge in [-0.25, -0.2) is 4.39 Å². The van der Waals surface area contributed by atoms with Crippen molar-refractivity contribution in [2.24, 2.45) is 4.99 Å². The number of benzene rings is 2. The summed E-state index contributed by atoms with van der Waals surface area (Å²) in [5.74, 6) is -0.131. The van der Waals surface area contributed by atoms with E-state index in [1.807, 2.05) is 31.2 Å². The van der Waals surface area contributed by atoms with Gasteiger partial charge in [0.2, 0.25) is 0 Å². The molecule has 1 atom stereocenters. The zero-order valence-corrected chi connectivity index (χ0v) is 13.3. The van der Waals surface area contributed by atoms with Crippen molar-refractivity contribution in [1.29, 1.82) is 0 Å². The molecule has 2 aromatic rings. The zero-order chi connectivity index (χ0) is 16.7. The molecule has 0 aromatic heterocycles. The van der Waals surface area contributed by atoms with Crippen LogP contribution in [-0.4, -0.2) is 11.5 Å². The van der Waals surface area contributed by atoms with Crippen LogP contribution in [0.15, 0.2) is 64.8 Å². The van der Waals surface area contributed by atoms with Gasteiger partial charge in [0.15, 0.2) is 5.78 Å². The fourth-order valence-corrected chi connectivity index (χ4v) is 3.48. The van der Waals surface area contributed by atoms with E-state index in [4.69, 9.17) is 4.99 Å². The van der Waals surface area contributed by atoms with E-state index >= 15 is 0 Å². The monoisotopic (exact) mass is 320 g/mol. The van der Waals surface area contributed by atoms with Gasteiger partial charge in [-0.15, -0.1) is 0 Å². The lowest BCUT2D eigenvalue weighted by atomic mass is 9.79. The molecule has 3 nitrogen and oxygen atoms in total. The van der Waals surface area contributed by atoms with Crippen molar-refractivity contribution in [3.63, 3.8) is 0 Å². The third-order valence-electron chi connectivity index (χ3n) is 4.64. The number of allylic oxidation sites excluding steroid dienone is 2. The molecule has 0 amide bonds. The average molecular weight is 320 g/mol. The van der Waals surface area contributed by atoms with E-state index in [1.165, 1.54) is 12.1 Å². The number of carbonyl (C=O) groups excluding carboxylic acids is 1. The number of hydrogen-bond donors (Lipinski definition) is 1. The highest BCUT2D eigenvalue weighted by Crippen LogP contribution is 2.38. The maximum atomic E-state index is 13.2. The number of rotatable bonds is 1. The summed E-state index contributed by atoms with van der Waals surface area (Å²) in [5.41, 5.74) is 5.10. The summed E-state index contributed by atoms with van der Waals surface area (Å²) in [5, 5.41) is 3.31. The Kier molecular flexibility index (Phi) is 3.53. The molecule has 2 aromatic carbocycles. The third kappa shape index (κ3) is 2.54. The molecule has 2 aliphatic rings. The topological polar surface area (TPSA) is 41.5 Å². The Hall–Kier alpha value is -2.75. The van der Waals surface area contributed by atoms with E-state index in [1.54, 1.807) is 12.1 Å². The minimum atomic E-state index is -0.262. The molecule has 0 radical (unpaired) electrons. The molecule has 0 saturated heterocycles. The molecular formula is C20H17FN2O. The van der Waals surface area contributed by atoms with E-state index in [0.717, 1.165) is 28.3 Å². The largest absolute Gasteiger partial charge is 0.357 e. The molecule has 0 unspecified atom stereocenters. The highest BCUT2D eigenvalue weighted by atomic mass is 19.1. The number of fused-ring (bicyclic) bond motifs is 2. The Bertz CT molecular complexity index is 881. The molecular weight excluding hydrogens is 303 g/mol. The predicted molar refractivity (Wildman–Crippen MR) is 93.2 cm³/mol. The van der Waals surface area contributed by atoms with Gasteiger partial charge in [-0.3, -0.25) is 9.79 Å². The second kappa shape index (κ2) is 5.71. The number of nitrogens with zero attached hydrogens (tertiary/aromatic N) is 1. The third-order valence-corrected chi connectivity index (χ3v) is 4.64. The molecule has 1 aliphatic heterocycles. The zero-order valence-electron chi connectivity index (χ0n) is 13.3. The summed E-state index contributed by atoms with van der Waals surface area (Å²) in [7, 11) is 0. The number of anilines is 1. The van der Waals surface area contributed by atoms with Gasteiger partial charge < -0.3 is 5.32 Å². The number of carbonyl (C=O) groups is 1. The highest BCUT2D eigenvalue weighted by molar-refractivity contribution is 6.26. The summed E-state index contributed by atoms with van der Waals surface area (Å²) in [6.07, 6.45) is 1.11. The molecule has 0 spiro atoms. The number of para-hydroxylation sites is 2. The molecule has 4 heteroatoms. The number of Topliss-reactive ketones (excluding diaryl/α,β-unsaturated/α-hetero) is 1. The Morgan fingerprint density at radius 2 is 1.83 bits per heavy atom.